The molecule has 1 atom stereocenters. The first-order valence-electron chi connectivity index (χ1n) is 9.85. The van der Waals surface area contributed by atoms with Crippen molar-refractivity contribution < 1.29 is 18.0 Å². The highest BCUT2D eigenvalue weighted by atomic mass is 32.2. The standard InChI is InChI=1S/C24H19N3O4S/c1-2-13-26(32(30,31)21-12-9-18-5-3-4-6-19(18)14-21)22-15-23(28)27(24(22)29)20-10-7-17(16-25)8-11-20/h2-12,14,22H,1,13,15H2. The second kappa shape index (κ2) is 8.38. The van der Waals surface area contributed by atoms with Gasteiger partial charge < -0.3 is 0 Å². The first-order valence-corrected chi connectivity index (χ1v) is 11.3. The number of carbonyl (C=O) groups is 2. The van der Waals surface area contributed by atoms with E-state index in [1.54, 1.807) is 12.1 Å². The van der Waals surface area contributed by atoms with Crippen molar-refractivity contribution in [2.24, 2.45) is 0 Å². The lowest BCUT2D eigenvalue weighted by Gasteiger charge is -2.26. The van der Waals surface area contributed by atoms with Crippen LogP contribution < -0.4 is 4.90 Å². The summed E-state index contributed by atoms with van der Waals surface area (Å²) in [5, 5.41) is 10.6. The zero-order valence-corrected chi connectivity index (χ0v) is 17.8. The lowest BCUT2D eigenvalue weighted by molar-refractivity contribution is -0.122. The van der Waals surface area contributed by atoms with Gasteiger partial charge in [0.05, 0.1) is 28.6 Å². The summed E-state index contributed by atoms with van der Waals surface area (Å²) in [6.45, 7) is 3.50. The molecule has 1 fully saturated rings. The molecule has 0 aromatic heterocycles. The van der Waals surface area contributed by atoms with Gasteiger partial charge in [0.1, 0.15) is 6.04 Å². The Morgan fingerprint density at radius 2 is 1.75 bits per heavy atom. The minimum atomic E-state index is -4.09. The quantitative estimate of drug-likeness (QED) is 0.429. The van der Waals surface area contributed by atoms with Crippen LogP contribution in [0.25, 0.3) is 10.8 Å². The Bertz CT molecular complexity index is 1370. The van der Waals surface area contributed by atoms with E-state index in [0.717, 1.165) is 20.0 Å². The molecule has 1 aliphatic heterocycles. The van der Waals surface area contributed by atoms with E-state index in [0.29, 0.717) is 11.3 Å². The minimum Gasteiger partial charge on any atom is -0.274 e. The Hall–Kier alpha value is -3.80. The number of amides is 2. The predicted octanol–water partition coefficient (Wildman–Crippen LogP) is 3.22. The SMILES string of the molecule is C=CCN(C1CC(=O)N(c2ccc(C#N)cc2)C1=O)S(=O)(=O)c1ccc2ccccc2c1. The maximum Gasteiger partial charge on any atom is 0.252 e. The summed E-state index contributed by atoms with van der Waals surface area (Å²) < 4.78 is 28.0. The largest absolute Gasteiger partial charge is 0.274 e. The molecule has 32 heavy (non-hydrogen) atoms. The fourth-order valence-corrected chi connectivity index (χ4v) is 5.37. The number of rotatable bonds is 6. The van der Waals surface area contributed by atoms with Crippen LogP contribution in [0.1, 0.15) is 12.0 Å². The van der Waals surface area contributed by atoms with Crippen LogP contribution in [0.2, 0.25) is 0 Å². The first-order chi connectivity index (χ1) is 15.4. The Morgan fingerprint density at radius 3 is 2.41 bits per heavy atom. The molecule has 3 aromatic rings. The van der Waals surface area contributed by atoms with Crippen molar-refractivity contribution in [1.82, 2.24) is 4.31 Å². The second-order valence-corrected chi connectivity index (χ2v) is 9.21. The monoisotopic (exact) mass is 445 g/mol. The fraction of sp³-hybridized carbons (Fsp3) is 0.125. The van der Waals surface area contributed by atoms with Crippen LogP contribution in [0, 0.1) is 11.3 Å². The van der Waals surface area contributed by atoms with Crippen LogP contribution in [-0.2, 0) is 19.6 Å². The van der Waals surface area contributed by atoms with Crippen molar-refractivity contribution in [3.05, 3.63) is 84.9 Å². The molecule has 1 unspecified atom stereocenters. The number of hydrogen-bond acceptors (Lipinski definition) is 5. The Morgan fingerprint density at radius 1 is 1.06 bits per heavy atom. The Balaban J connectivity index is 1.71. The van der Waals surface area contributed by atoms with E-state index in [1.165, 1.54) is 36.4 Å². The molecule has 4 rings (SSSR count). The third-order valence-electron chi connectivity index (χ3n) is 5.36. The number of fused-ring (bicyclic) bond motifs is 1. The summed E-state index contributed by atoms with van der Waals surface area (Å²) in [4.78, 5) is 26.9. The number of anilines is 1. The lowest BCUT2D eigenvalue weighted by Crippen LogP contribution is -2.45. The van der Waals surface area contributed by atoms with Crippen molar-refractivity contribution in [1.29, 1.82) is 5.26 Å². The number of benzene rings is 3. The van der Waals surface area contributed by atoms with Crippen LogP contribution in [0.5, 0.6) is 0 Å². The molecule has 7 nitrogen and oxygen atoms in total. The highest BCUT2D eigenvalue weighted by Gasteiger charge is 2.46. The van der Waals surface area contributed by atoms with Crippen LogP contribution in [0.3, 0.4) is 0 Å². The average molecular weight is 446 g/mol. The molecule has 1 aliphatic rings. The molecule has 1 saturated heterocycles. The topological polar surface area (TPSA) is 98.5 Å². The second-order valence-electron chi connectivity index (χ2n) is 7.32. The van der Waals surface area contributed by atoms with Crippen molar-refractivity contribution in [2.45, 2.75) is 17.4 Å². The molecular formula is C24H19N3O4S. The number of carbonyl (C=O) groups excluding carboxylic acids is 2. The van der Waals surface area contributed by atoms with Gasteiger partial charge in [-0.05, 0) is 47.2 Å². The summed E-state index contributed by atoms with van der Waals surface area (Å²) in [7, 11) is -4.09. The summed E-state index contributed by atoms with van der Waals surface area (Å²) in [6.07, 6.45) is 1.11. The third kappa shape index (κ3) is 3.68. The van der Waals surface area contributed by atoms with Crippen LogP contribution in [0.15, 0.2) is 84.3 Å². The molecule has 0 aliphatic carbocycles. The van der Waals surface area contributed by atoms with Gasteiger partial charge in [-0.2, -0.15) is 9.57 Å². The zero-order chi connectivity index (χ0) is 22.9. The third-order valence-corrected chi connectivity index (χ3v) is 7.23. The Kier molecular flexibility index (Phi) is 5.61. The van der Waals surface area contributed by atoms with Gasteiger partial charge in [-0.25, -0.2) is 13.3 Å². The predicted molar refractivity (Wildman–Crippen MR) is 120 cm³/mol. The highest BCUT2D eigenvalue weighted by molar-refractivity contribution is 7.89. The van der Waals surface area contributed by atoms with E-state index in [1.807, 2.05) is 30.3 Å². The number of hydrogen-bond donors (Lipinski definition) is 0. The van der Waals surface area contributed by atoms with Gasteiger partial charge in [-0.3, -0.25) is 9.59 Å². The molecule has 0 N–H and O–H groups in total. The Labute approximate surface area is 185 Å². The minimum absolute atomic E-state index is 0.0372. The van der Waals surface area contributed by atoms with Gasteiger partial charge in [0.2, 0.25) is 15.9 Å². The zero-order valence-electron chi connectivity index (χ0n) is 17.0. The van der Waals surface area contributed by atoms with E-state index in [9.17, 15) is 18.0 Å². The first kappa shape index (κ1) is 21.4. The van der Waals surface area contributed by atoms with E-state index in [2.05, 4.69) is 6.58 Å². The molecule has 0 spiro atoms. The van der Waals surface area contributed by atoms with E-state index < -0.39 is 27.9 Å². The van der Waals surface area contributed by atoms with E-state index in [-0.39, 0.29) is 17.9 Å². The summed E-state index contributed by atoms with van der Waals surface area (Å²) >= 11 is 0. The molecule has 0 radical (unpaired) electrons. The van der Waals surface area contributed by atoms with Crippen molar-refractivity contribution in [3.63, 3.8) is 0 Å². The number of sulfonamides is 1. The number of nitrogens with zero attached hydrogens (tertiary/aromatic N) is 3. The average Bonchev–Trinajstić information content (AvgIpc) is 3.10. The van der Waals surface area contributed by atoms with Gasteiger partial charge in [0.25, 0.3) is 5.91 Å². The van der Waals surface area contributed by atoms with Crippen LogP contribution >= 0.6 is 0 Å². The normalized spacial score (nSPS) is 16.5. The summed E-state index contributed by atoms with van der Waals surface area (Å²) in [6, 6.07) is 18.9. The van der Waals surface area contributed by atoms with Gasteiger partial charge >= 0.3 is 0 Å². The van der Waals surface area contributed by atoms with Gasteiger partial charge in [-0.15, -0.1) is 6.58 Å². The van der Waals surface area contributed by atoms with Crippen molar-refractivity contribution in [3.8, 4) is 6.07 Å². The summed E-state index contributed by atoms with van der Waals surface area (Å²) in [5.41, 5.74) is 0.680. The summed E-state index contributed by atoms with van der Waals surface area (Å²) in [5.74, 6) is -1.14. The molecule has 2 amide bonds. The maximum absolute atomic E-state index is 13.5. The van der Waals surface area contributed by atoms with Crippen LogP contribution in [-0.4, -0.2) is 37.1 Å². The molecule has 0 bridgehead atoms. The molecule has 8 heteroatoms. The molecular weight excluding hydrogens is 426 g/mol. The van der Waals surface area contributed by atoms with Gasteiger partial charge in [-0.1, -0.05) is 36.4 Å². The molecule has 0 saturated carbocycles. The maximum atomic E-state index is 13.5. The van der Waals surface area contributed by atoms with Crippen LogP contribution in [0.4, 0.5) is 5.69 Å². The van der Waals surface area contributed by atoms with E-state index >= 15 is 0 Å². The van der Waals surface area contributed by atoms with Gasteiger partial charge in [0.15, 0.2) is 0 Å². The lowest BCUT2D eigenvalue weighted by atomic mass is 10.1. The van der Waals surface area contributed by atoms with Crippen molar-refractivity contribution in [2.75, 3.05) is 11.4 Å². The van der Waals surface area contributed by atoms with Gasteiger partial charge in [0, 0.05) is 6.54 Å². The smallest absolute Gasteiger partial charge is 0.252 e. The number of imide groups is 1. The van der Waals surface area contributed by atoms with Crippen molar-refractivity contribution >= 4 is 38.3 Å². The van der Waals surface area contributed by atoms with E-state index in [4.69, 9.17) is 5.26 Å². The molecule has 1 heterocycles. The number of nitriles is 1. The highest BCUT2D eigenvalue weighted by Crippen LogP contribution is 2.30. The fourth-order valence-electron chi connectivity index (χ4n) is 3.78. The molecule has 160 valence electrons. The molecule has 3 aromatic carbocycles.